The number of para-hydroxylation sites is 1. The van der Waals surface area contributed by atoms with Crippen LogP contribution in [-0.2, 0) is 13.5 Å². The number of rotatable bonds is 4. The fourth-order valence-electron chi connectivity index (χ4n) is 2.46. The number of nitrogens with one attached hydrogen (secondary N) is 1. The maximum absolute atomic E-state index is 5.92. The molecule has 1 aromatic carbocycles. The predicted octanol–water partition coefficient (Wildman–Crippen LogP) is 2.07. The largest absolute Gasteiger partial charge is 0.488 e. The molecule has 1 aliphatic heterocycles. The Labute approximate surface area is 113 Å². The van der Waals surface area contributed by atoms with Crippen molar-refractivity contribution in [3.63, 3.8) is 0 Å². The Morgan fingerprint density at radius 3 is 3.05 bits per heavy atom. The number of aryl methyl sites for hydroxylation is 1. The lowest BCUT2D eigenvalue weighted by Gasteiger charge is -2.16. The van der Waals surface area contributed by atoms with E-state index in [1.54, 1.807) is 0 Å². The topological polar surface area (TPSA) is 39.1 Å². The third-order valence-electron chi connectivity index (χ3n) is 3.59. The summed E-state index contributed by atoms with van der Waals surface area (Å²) in [7, 11) is 1.94. The molecule has 2 aromatic rings. The molecule has 0 radical (unpaired) electrons. The zero-order chi connectivity index (χ0) is 13.2. The average molecular weight is 257 g/mol. The lowest BCUT2D eigenvalue weighted by molar-refractivity contribution is 0.222. The number of fused-ring (bicyclic) bond motifs is 1. The van der Waals surface area contributed by atoms with Gasteiger partial charge in [0.25, 0.3) is 0 Å². The lowest BCUT2D eigenvalue weighted by atomic mass is 10.1. The van der Waals surface area contributed by atoms with Crippen LogP contribution < -0.4 is 10.1 Å². The smallest absolute Gasteiger partial charge is 0.123 e. The lowest BCUT2D eigenvalue weighted by Crippen LogP contribution is -2.31. The minimum Gasteiger partial charge on any atom is -0.488 e. The number of hydrogen-bond acceptors (Lipinski definition) is 3. The Hall–Kier alpha value is -1.81. The monoisotopic (exact) mass is 257 g/mol. The van der Waals surface area contributed by atoms with Crippen molar-refractivity contribution in [1.29, 1.82) is 0 Å². The Balaban J connectivity index is 1.54. The summed E-state index contributed by atoms with van der Waals surface area (Å²) in [4.78, 5) is 0. The second kappa shape index (κ2) is 5.05. The first-order valence-electron chi connectivity index (χ1n) is 6.69. The molecule has 4 heteroatoms. The summed E-state index contributed by atoms with van der Waals surface area (Å²) in [5, 5.41) is 7.71. The molecule has 19 heavy (non-hydrogen) atoms. The molecular formula is C15H19N3O. The summed E-state index contributed by atoms with van der Waals surface area (Å²) >= 11 is 0. The Kier molecular flexibility index (Phi) is 3.25. The highest BCUT2D eigenvalue weighted by molar-refractivity contribution is 5.37. The molecule has 1 aromatic heterocycles. The van der Waals surface area contributed by atoms with E-state index in [1.165, 1.54) is 11.1 Å². The molecule has 0 fully saturated rings. The molecule has 2 unspecified atom stereocenters. The van der Waals surface area contributed by atoms with Crippen LogP contribution in [0.1, 0.15) is 24.1 Å². The van der Waals surface area contributed by atoms with Gasteiger partial charge in [0, 0.05) is 37.8 Å². The second-order valence-electron chi connectivity index (χ2n) is 5.13. The van der Waals surface area contributed by atoms with Gasteiger partial charge in [-0.3, -0.25) is 4.68 Å². The summed E-state index contributed by atoms with van der Waals surface area (Å²) in [6.45, 7) is 3.00. The van der Waals surface area contributed by atoms with E-state index >= 15 is 0 Å². The summed E-state index contributed by atoms with van der Waals surface area (Å²) in [6.07, 6.45) is 5.17. The number of aromatic nitrogens is 2. The highest BCUT2D eigenvalue weighted by atomic mass is 16.5. The molecule has 0 saturated carbocycles. The molecule has 100 valence electrons. The van der Waals surface area contributed by atoms with Crippen LogP contribution in [-0.4, -0.2) is 22.4 Å². The van der Waals surface area contributed by atoms with Gasteiger partial charge in [-0.1, -0.05) is 18.2 Å². The number of nitrogens with zero attached hydrogens (tertiary/aromatic N) is 2. The van der Waals surface area contributed by atoms with E-state index < -0.39 is 0 Å². The van der Waals surface area contributed by atoms with E-state index in [-0.39, 0.29) is 6.10 Å². The molecule has 0 amide bonds. The highest BCUT2D eigenvalue weighted by Gasteiger charge is 2.22. The second-order valence-corrected chi connectivity index (χ2v) is 5.13. The van der Waals surface area contributed by atoms with E-state index in [2.05, 4.69) is 29.5 Å². The molecule has 0 saturated heterocycles. The van der Waals surface area contributed by atoms with E-state index in [1.807, 2.05) is 36.3 Å². The van der Waals surface area contributed by atoms with Crippen molar-refractivity contribution < 1.29 is 4.74 Å². The van der Waals surface area contributed by atoms with Crippen LogP contribution in [0.3, 0.4) is 0 Å². The molecule has 1 aliphatic rings. The van der Waals surface area contributed by atoms with Crippen molar-refractivity contribution >= 4 is 0 Å². The first kappa shape index (κ1) is 12.2. The van der Waals surface area contributed by atoms with Crippen molar-refractivity contribution in [2.24, 2.45) is 7.05 Å². The van der Waals surface area contributed by atoms with Gasteiger partial charge < -0.3 is 10.1 Å². The Morgan fingerprint density at radius 1 is 1.47 bits per heavy atom. The summed E-state index contributed by atoms with van der Waals surface area (Å²) in [5.74, 6) is 1.03. The van der Waals surface area contributed by atoms with Crippen molar-refractivity contribution in [3.8, 4) is 5.75 Å². The van der Waals surface area contributed by atoms with Crippen LogP contribution in [0.5, 0.6) is 5.75 Å². The zero-order valence-electron chi connectivity index (χ0n) is 11.3. The summed E-state index contributed by atoms with van der Waals surface area (Å²) in [5.41, 5.74) is 2.52. The predicted molar refractivity (Wildman–Crippen MR) is 74.2 cm³/mol. The van der Waals surface area contributed by atoms with Crippen LogP contribution in [0.15, 0.2) is 36.7 Å². The van der Waals surface area contributed by atoms with E-state index in [4.69, 9.17) is 4.74 Å². The highest BCUT2D eigenvalue weighted by Crippen LogP contribution is 2.28. The van der Waals surface area contributed by atoms with Crippen molar-refractivity contribution in [3.05, 3.63) is 47.8 Å². The van der Waals surface area contributed by atoms with Gasteiger partial charge in [-0.15, -0.1) is 0 Å². The van der Waals surface area contributed by atoms with Gasteiger partial charge in [-0.05, 0) is 18.6 Å². The molecular weight excluding hydrogens is 238 g/mol. The molecule has 1 N–H and O–H groups in total. The number of ether oxygens (including phenoxy) is 1. The first-order chi connectivity index (χ1) is 9.22. The molecule has 2 atom stereocenters. The van der Waals surface area contributed by atoms with Crippen LogP contribution >= 0.6 is 0 Å². The third-order valence-corrected chi connectivity index (χ3v) is 3.59. The molecule has 4 nitrogen and oxygen atoms in total. The van der Waals surface area contributed by atoms with E-state index in [0.29, 0.717) is 6.04 Å². The molecule has 0 spiro atoms. The van der Waals surface area contributed by atoms with Crippen LogP contribution in [0.4, 0.5) is 0 Å². The van der Waals surface area contributed by atoms with E-state index in [9.17, 15) is 0 Å². The van der Waals surface area contributed by atoms with Gasteiger partial charge in [0.2, 0.25) is 0 Å². The molecule has 2 heterocycles. The van der Waals surface area contributed by atoms with Crippen molar-refractivity contribution in [1.82, 2.24) is 15.1 Å². The molecule has 0 bridgehead atoms. The Bertz CT molecular complexity index is 539. The summed E-state index contributed by atoms with van der Waals surface area (Å²) < 4.78 is 7.74. The standard InChI is InChI=1S/C15H19N3O/c1-11(13-8-17-18(2)10-13)16-9-14-7-12-5-3-4-6-15(12)19-14/h3-6,8,10-11,14,16H,7,9H2,1-2H3. The van der Waals surface area contributed by atoms with Gasteiger partial charge in [-0.2, -0.15) is 5.10 Å². The Morgan fingerprint density at radius 2 is 2.32 bits per heavy atom. The van der Waals surface area contributed by atoms with Gasteiger partial charge in [0.05, 0.1) is 6.20 Å². The average Bonchev–Trinajstić information content (AvgIpc) is 3.01. The number of hydrogen-bond donors (Lipinski definition) is 1. The zero-order valence-corrected chi connectivity index (χ0v) is 11.3. The van der Waals surface area contributed by atoms with Gasteiger partial charge in [-0.25, -0.2) is 0 Å². The normalized spacial score (nSPS) is 18.9. The van der Waals surface area contributed by atoms with Gasteiger partial charge >= 0.3 is 0 Å². The minimum absolute atomic E-state index is 0.233. The van der Waals surface area contributed by atoms with Gasteiger partial charge in [0.1, 0.15) is 11.9 Å². The first-order valence-corrected chi connectivity index (χ1v) is 6.69. The molecule has 0 aliphatic carbocycles. The quantitative estimate of drug-likeness (QED) is 0.911. The summed E-state index contributed by atoms with van der Waals surface area (Å²) in [6, 6.07) is 8.56. The van der Waals surface area contributed by atoms with E-state index in [0.717, 1.165) is 18.7 Å². The van der Waals surface area contributed by atoms with Crippen molar-refractivity contribution in [2.75, 3.05) is 6.54 Å². The van der Waals surface area contributed by atoms with Crippen molar-refractivity contribution in [2.45, 2.75) is 25.5 Å². The molecule has 3 rings (SSSR count). The number of benzene rings is 1. The fourth-order valence-corrected chi connectivity index (χ4v) is 2.46. The SMILES string of the molecule is CC(NCC1Cc2ccccc2O1)c1cnn(C)c1. The van der Waals surface area contributed by atoms with Gasteiger partial charge in [0.15, 0.2) is 0 Å². The third kappa shape index (κ3) is 2.63. The van der Waals surface area contributed by atoms with Crippen LogP contribution in [0.2, 0.25) is 0 Å². The van der Waals surface area contributed by atoms with Crippen LogP contribution in [0, 0.1) is 0 Å². The van der Waals surface area contributed by atoms with Crippen LogP contribution in [0.25, 0.3) is 0 Å². The maximum atomic E-state index is 5.92. The fraction of sp³-hybridized carbons (Fsp3) is 0.400. The maximum Gasteiger partial charge on any atom is 0.123 e. The minimum atomic E-state index is 0.233.